The van der Waals surface area contributed by atoms with Gasteiger partial charge in [-0.1, -0.05) is 23.2 Å². The van der Waals surface area contributed by atoms with Gasteiger partial charge in [0.25, 0.3) is 15.9 Å². The highest BCUT2D eigenvalue weighted by atomic mass is 35.5. The van der Waals surface area contributed by atoms with Crippen LogP contribution in [0, 0.1) is 6.92 Å². The Bertz CT molecular complexity index is 1320. The van der Waals surface area contributed by atoms with E-state index >= 15 is 0 Å². The first-order chi connectivity index (χ1) is 15.8. The molecule has 2 heterocycles. The number of rotatable bonds is 6. The standard InChI is InChI=1S/C22H21ClN4O5S/c1-13-9-17-18(10-19(13)33(29,30)26-16-7-5-15(23)6-8-16)31-12-21(28)27(17)11-20-24-22(32-25-20)14-3-2-4-14/h5-10,14,26H,2-4,11-12H2,1H3. The molecule has 11 heteroatoms. The molecule has 0 unspecified atom stereocenters. The van der Waals surface area contributed by atoms with Crippen LogP contribution in [0.25, 0.3) is 0 Å². The number of amides is 1. The van der Waals surface area contributed by atoms with Crippen LogP contribution in [0.5, 0.6) is 5.75 Å². The van der Waals surface area contributed by atoms with Crippen LogP contribution in [0.2, 0.25) is 5.02 Å². The Labute approximate surface area is 195 Å². The van der Waals surface area contributed by atoms with E-state index in [4.69, 9.17) is 20.9 Å². The summed E-state index contributed by atoms with van der Waals surface area (Å²) in [5, 5.41) is 4.52. The monoisotopic (exact) mass is 488 g/mol. The number of hydrogen-bond acceptors (Lipinski definition) is 7. The van der Waals surface area contributed by atoms with Crippen molar-refractivity contribution in [1.29, 1.82) is 0 Å². The molecular weight excluding hydrogens is 468 g/mol. The number of ether oxygens (including phenoxy) is 1. The Hall–Kier alpha value is -3.11. The number of aryl methyl sites for hydroxylation is 1. The number of sulfonamides is 1. The molecule has 0 spiro atoms. The molecule has 1 N–H and O–H groups in total. The van der Waals surface area contributed by atoms with Gasteiger partial charge < -0.3 is 9.26 Å². The van der Waals surface area contributed by atoms with Crippen LogP contribution in [0.15, 0.2) is 45.8 Å². The molecular formula is C22H21ClN4O5S. The molecule has 1 aliphatic heterocycles. The van der Waals surface area contributed by atoms with Crippen molar-refractivity contribution in [3.8, 4) is 5.75 Å². The zero-order valence-corrected chi connectivity index (χ0v) is 19.3. The van der Waals surface area contributed by atoms with Gasteiger partial charge >= 0.3 is 0 Å². The van der Waals surface area contributed by atoms with Gasteiger partial charge in [-0.05, 0) is 55.7 Å². The van der Waals surface area contributed by atoms with E-state index in [1.807, 2.05) is 0 Å². The van der Waals surface area contributed by atoms with Crippen LogP contribution in [0.3, 0.4) is 0 Å². The van der Waals surface area contributed by atoms with E-state index in [1.54, 1.807) is 37.3 Å². The zero-order chi connectivity index (χ0) is 23.2. The van der Waals surface area contributed by atoms with Crippen LogP contribution in [0.1, 0.15) is 42.5 Å². The summed E-state index contributed by atoms with van der Waals surface area (Å²) in [6, 6.07) is 9.40. The molecule has 0 saturated heterocycles. The Morgan fingerprint density at radius 1 is 1.21 bits per heavy atom. The summed E-state index contributed by atoms with van der Waals surface area (Å²) < 4.78 is 39.5. The van der Waals surface area contributed by atoms with E-state index in [9.17, 15) is 13.2 Å². The highest BCUT2D eigenvalue weighted by Crippen LogP contribution is 2.38. The SMILES string of the molecule is Cc1cc2c(cc1S(=O)(=O)Nc1ccc(Cl)cc1)OCC(=O)N2Cc1noc(C2CCC2)n1. The molecule has 0 atom stereocenters. The molecule has 1 aromatic heterocycles. The highest BCUT2D eigenvalue weighted by molar-refractivity contribution is 7.92. The number of carbonyl (C=O) groups is 1. The van der Waals surface area contributed by atoms with E-state index in [0.717, 1.165) is 19.3 Å². The van der Waals surface area contributed by atoms with Crippen molar-refractivity contribution in [3.05, 3.63) is 58.7 Å². The van der Waals surface area contributed by atoms with E-state index < -0.39 is 10.0 Å². The summed E-state index contributed by atoms with van der Waals surface area (Å²) in [5.41, 5.74) is 1.31. The predicted molar refractivity (Wildman–Crippen MR) is 121 cm³/mol. The first-order valence-electron chi connectivity index (χ1n) is 10.5. The van der Waals surface area contributed by atoms with Crippen LogP contribution >= 0.6 is 11.6 Å². The number of anilines is 2. The minimum Gasteiger partial charge on any atom is -0.482 e. The molecule has 172 valence electrons. The second kappa shape index (κ2) is 8.35. The smallest absolute Gasteiger partial charge is 0.265 e. The quantitative estimate of drug-likeness (QED) is 0.557. The largest absolute Gasteiger partial charge is 0.482 e. The van der Waals surface area contributed by atoms with Gasteiger partial charge in [0.2, 0.25) is 5.89 Å². The molecule has 0 radical (unpaired) electrons. The molecule has 0 bridgehead atoms. The maximum absolute atomic E-state index is 13.0. The second-order valence-electron chi connectivity index (χ2n) is 8.14. The maximum Gasteiger partial charge on any atom is 0.265 e. The highest BCUT2D eigenvalue weighted by Gasteiger charge is 2.31. The Kier molecular flexibility index (Phi) is 5.49. The molecule has 2 aromatic carbocycles. The summed E-state index contributed by atoms with van der Waals surface area (Å²) >= 11 is 5.87. The lowest BCUT2D eigenvalue weighted by atomic mass is 9.85. The van der Waals surface area contributed by atoms with Crippen LogP contribution in [0.4, 0.5) is 11.4 Å². The predicted octanol–water partition coefficient (Wildman–Crippen LogP) is 4.03. The van der Waals surface area contributed by atoms with Gasteiger partial charge in [-0.2, -0.15) is 4.98 Å². The third-order valence-electron chi connectivity index (χ3n) is 5.82. The summed E-state index contributed by atoms with van der Waals surface area (Å²) in [7, 11) is -3.90. The topological polar surface area (TPSA) is 115 Å². The Morgan fingerprint density at radius 2 is 1.97 bits per heavy atom. The van der Waals surface area contributed by atoms with Crippen molar-refractivity contribution in [2.45, 2.75) is 43.5 Å². The van der Waals surface area contributed by atoms with Crippen molar-refractivity contribution in [2.24, 2.45) is 0 Å². The molecule has 33 heavy (non-hydrogen) atoms. The molecule has 2 aliphatic rings. The average Bonchev–Trinajstić information content (AvgIpc) is 3.18. The van der Waals surface area contributed by atoms with Crippen molar-refractivity contribution in [2.75, 3.05) is 16.2 Å². The summed E-state index contributed by atoms with van der Waals surface area (Å²) in [6.07, 6.45) is 3.21. The van der Waals surface area contributed by atoms with Crippen molar-refractivity contribution >= 4 is 38.9 Å². The lowest BCUT2D eigenvalue weighted by Crippen LogP contribution is -2.38. The Morgan fingerprint density at radius 3 is 2.67 bits per heavy atom. The summed E-state index contributed by atoms with van der Waals surface area (Å²) in [4.78, 5) is 18.6. The molecule has 9 nitrogen and oxygen atoms in total. The summed E-state index contributed by atoms with van der Waals surface area (Å²) in [5.74, 6) is 1.31. The second-order valence-corrected chi connectivity index (χ2v) is 10.2. The fourth-order valence-corrected chi connectivity index (χ4v) is 5.24. The fourth-order valence-electron chi connectivity index (χ4n) is 3.82. The summed E-state index contributed by atoms with van der Waals surface area (Å²) in [6.45, 7) is 1.56. The third kappa shape index (κ3) is 4.28. The van der Waals surface area contributed by atoms with E-state index in [0.29, 0.717) is 45.3 Å². The Balaban J connectivity index is 1.42. The normalized spacial score (nSPS) is 16.2. The molecule has 1 fully saturated rings. The van der Waals surface area contributed by atoms with E-state index in [-0.39, 0.29) is 24.0 Å². The lowest BCUT2D eigenvalue weighted by molar-refractivity contribution is -0.121. The number of nitrogens with zero attached hydrogens (tertiary/aromatic N) is 3. The molecule has 5 rings (SSSR count). The number of halogens is 1. The number of fused-ring (bicyclic) bond motifs is 1. The maximum atomic E-state index is 13.0. The van der Waals surface area contributed by atoms with Gasteiger partial charge in [-0.15, -0.1) is 0 Å². The van der Waals surface area contributed by atoms with Crippen molar-refractivity contribution in [3.63, 3.8) is 0 Å². The number of nitrogens with one attached hydrogen (secondary N) is 1. The first-order valence-corrected chi connectivity index (χ1v) is 12.3. The number of hydrogen-bond donors (Lipinski definition) is 1. The van der Waals surface area contributed by atoms with Crippen LogP contribution in [-0.4, -0.2) is 31.1 Å². The minimum atomic E-state index is -3.90. The van der Waals surface area contributed by atoms with Gasteiger partial charge in [0.15, 0.2) is 12.4 Å². The first kappa shape index (κ1) is 21.7. The third-order valence-corrected chi connectivity index (χ3v) is 7.60. The average molecular weight is 489 g/mol. The zero-order valence-electron chi connectivity index (χ0n) is 17.7. The van der Waals surface area contributed by atoms with Gasteiger partial charge in [-0.3, -0.25) is 14.4 Å². The number of benzene rings is 2. The van der Waals surface area contributed by atoms with Gasteiger partial charge in [0.05, 0.1) is 17.1 Å². The van der Waals surface area contributed by atoms with E-state index in [2.05, 4.69) is 14.9 Å². The van der Waals surface area contributed by atoms with Gasteiger partial charge in [-0.25, -0.2) is 8.42 Å². The number of carbonyl (C=O) groups excluding carboxylic acids is 1. The molecule has 3 aromatic rings. The van der Waals surface area contributed by atoms with Gasteiger partial charge in [0, 0.05) is 22.7 Å². The fraction of sp³-hybridized carbons (Fsp3) is 0.318. The molecule has 1 aliphatic carbocycles. The lowest BCUT2D eigenvalue weighted by Gasteiger charge is -2.29. The van der Waals surface area contributed by atoms with Crippen LogP contribution in [-0.2, 0) is 21.4 Å². The van der Waals surface area contributed by atoms with E-state index in [1.165, 1.54) is 11.0 Å². The van der Waals surface area contributed by atoms with Crippen molar-refractivity contribution < 1.29 is 22.5 Å². The van der Waals surface area contributed by atoms with Crippen molar-refractivity contribution in [1.82, 2.24) is 10.1 Å². The minimum absolute atomic E-state index is 0.0531. The van der Waals surface area contributed by atoms with Crippen LogP contribution < -0.4 is 14.4 Å². The van der Waals surface area contributed by atoms with Gasteiger partial charge in [0.1, 0.15) is 5.75 Å². The number of aromatic nitrogens is 2. The molecule has 1 saturated carbocycles. The molecule has 1 amide bonds.